The van der Waals surface area contributed by atoms with Crippen LogP contribution in [0.3, 0.4) is 0 Å². The summed E-state index contributed by atoms with van der Waals surface area (Å²) < 4.78 is 1.12. The van der Waals surface area contributed by atoms with Gasteiger partial charge >= 0.3 is 5.69 Å². The molecule has 2 rings (SSSR count). The van der Waals surface area contributed by atoms with Crippen molar-refractivity contribution < 1.29 is 4.79 Å². The first-order chi connectivity index (χ1) is 9.08. The summed E-state index contributed by atoms with van der Waals surface area (Å²) in [6.45, 7) is -0.246. The zero-order valence-electron chi connectivity index (χ0n) is 10.4. The van der Waals surface area contributed by atoms with Gasteiger partial charge in [0.2, 0.25) is 5.91 Å². The predicted molar refractivity (Wildman–Crippen MR) is 74.0 cm³/mol. The van der Waals surface area contributed by atoms with E-state index < -0.39 is 11.2 Å². The molecule has 2 N–H and O–H groups in total. The highest BCUT2D eigenvalue weighted by Gasteiger charge is 2.17. The molecule has 0 unspecified atom stereocenters. The molecule has 0 aliphatic heterocycles. The molecule has 1 heterocycles. The lowest BCUT2D eigenvalue weighted by molar-refractivity contribution is -0.122. The molecule has 0 saturated heterocycles. The Morgan fingerprint density at radius 3 is 2.74 bits per heavy atom. The number of halogens is 1. The Morgan fingerprint density at radius 1 is 1.37 bits per heavy atom. The monoisotopic (exact) mass is 329 g/mol. The van der Waals surface area contributed by atoms with E-state index in [1.54, 1.807) is 0 Å². The second kappa shape index (κ2) is 6.18. The average molecular weight is 330 g/mol. The van der Waals surface area contributed by atoms with Gasteiger partial charge in [0.25, 0.3) is 5.56 Å². The number of carbonyl (C=O) groups excluding carboxylic acids is 1. The zero-order valence-corrected chi connectivity index (χ0v) is 12.0. The van der Waals surface area contributed by atoms with Gasteiger partial charge in [0, 0.05) is 12.2 Å². The van der Waals surface area contributed by atoms with Crippen LogP contribution in [0.5, 0.6) is 0 Å². The van der Waals surface area contributed by atoms with Crippen LogP contribution < -0.4 is 16.6 Å². The number of H-pyrrole nitrogens is 1. The summed E-state index contributed by atoms with van der Waals surface area (Å²) in [6, 6.07) is 0.170. The molecule has 1 saturated carbocycles. The van der Waals surface area contributed by atoms with Gasteiger partial charge in [-0.3, -0.25) is 9.59 Å². The van der Waals surface area contributed by atoms with E-state index in [4.69, 9.17) is 0 Å². The molecule has 0 bridgehead atoms. The molecule has 6 nitrogen and oxygen atoms in total. The second-order valence-corrected chi connectivity index (χ2v) is 5.59. The molecular weight excluding hydrogens is 314 g/mol. The van der Waals surface area contributed by atoms with Crippen LogP contribution in [-0.2, 0) is 11.3 Å². The molecule has 104 valence electrons. The highest BCUT2D eigenvalue weighted by molar-refractivity contribution is 9.10. The Bertz CT molecular complexity index is 572. The molecule has 1 aliphatic carbocycles. The van der Waals surface area contributed by atoms with Gasteiger partial charge in [0.1, 0.15) is 6.54 Å². The SMILES string of the molecule is O=C(Cn1c(=O)[nH]cc(Br)c1=O)NC1CCCCC1. The Labute approximate surface area is 118 Å². The van der Waals surface area contributed by atoms with Gasteiger partial charge in [0.15, 0.2) is 0 Å². The number of hydrogen-bond acceptors (Lipinski definition) is 3. The molecule has 1 amide bonds. The van der Waals surface area contributed by atoms with Gasteiger partial charge in [-0.2, -0.15) is 0 Å². The maximum atomic E-state index is 11.9. The molecule has 0 radical (unpaired) electrons. The number of amides is 1. The van der Waals surface area contributed by atoms with Crippen molar-refractivity contribution in [3.63, 3.8) is 0 Å². The minimum Gasteiger partial charge on any atom is -0.352 e. The highest BCUT2D eigenvalue weighted by Crippen LogP contribution is 2.17. The first-order valence-corrected chi connectivity index (χ1v) is 7.14. The van der Waals surface area contributed by atoms with Crippen molar-refractivity contribution in [2.24, 2.45) is 0 Å². The van der Waals surface area contributed by atoms with Gasteiger partial charge in [-0.1, -0.05) is 19.3 Å². The zero-order chi connectivity index (χ0) is 13.8. The van der Waals surface area contributed by atoms with Crippen LogP contribution in [0.4, 0.5) is 0 Å². The van der Waals surface area contributed by atoms with Crippen LogP contribution >= 0.6 is 15.9 Å². The topological polar surface area (TPSA) is 84.0 Å². The van der Waals surface area contributed by atoms with Crippen LogP contribution in [0.15, 0.2) is 20.3 Å². The summed E-state index contributed by atoms with van der Waals surface area (Å²) in [7, 11) is 0. The molecule has 1 aromatic rings. The van der Waals surface area contributed by atoms with Crippen LogP contribution in [-0.4, -0.2) is 21.5 Å². The van der Waals surface area contributed by atoms with Crippen LogP contribution in [0.2, 0.25) is 0 Å². The van der Waals surface area contributed by atoms with Crippen LogP contribution in [0.1, 0.15) is 32.1 Å². The summed E-state index contributed by atoms with van der Waals surface area (Å²) >= 11 is 3.03. The van der Waals surface area contributed by atoms with E-state index in [-0.39, 0.29) is 23.0 Å². The summed E-state index contributed by atoms with van der Waals surface area (Å²) in [5, 5.41) is 2.87. The summed E-state index contributed by atoms with van der Waals surface area (Å²) in [5.74, 6) is -0.294. The van der Waals surface area contributed by atoms with E-state index in [0.29, 0.717) is 0 Å². The Balaban J connectivity index is 2.05. The quantitative estimate of drug-likeness (QED) is 0.858. The van der Waals surface area contributed by atoms with Crippen molar-refractivity contribution in [1.82, 2.24) is 14.9 Å². The van der Waals surface area contributed by atoms with Crippen molar-refractivity contribution >= 4 is 21.8 Å². The second-order valence-electron chi connectivity index (χ2n) is 4.74. The third kappa shape index (κ3) is 3.56. The first kappa shape index (κ1) is 14.0. The number of nitrogens with zero attached hydrogens (tertiary/aromatic N) is 1. The smallest absolute Gasteiger partial charge is 0.328 e. The summed E-state index contributed by atoms with van der Waals surface area (Å²) in [4.78, 5) is 37.5. The lowest BCUT2D eigenvalue weighted by Crippen LogP contribution is -2.43. The van der Waals surface area contributed by atoms with Crippen molar-refractivity contribution in [1.29, 1.82) is 0 Å². The molecule has 19 heavy (non-hydrogen) atoms. The lowest BCUT2D eigenvalue weighted by atomic mass is 9.95. The Kier molecular flexibility index (Phi) is 4.57. The van der Waals surface area contributed by atoms with E-state index in [0.717, 1.165) is 30.3 Å². The number of aromatic amines is 1. The van der Waals surface area contributed by atoms with Crippen molar-refractivity contribution in [2.45, 2.75) is 44.7 Å². The largest absolute Gasteiger partial charge is 0.352 e. The predicted octanol–water partition coefficient (Wildman–Crippen LogP) is 0.748. The van der Waals surface area contributed by atoms with Crippen LogP contribution in [0.25, 0.3) is 0 Å². The molecule has 1 aromatic heterocycles. The number of nitrogens with one attached hydrogen (secondary N) is 2. The van der Waals surface area contributed by atoms with Gasteiger partial charge in [-0.15, -0.1) is 0 Å². The minimum absolute atomic E-state index is 0.170. The molecule has 0 atom stereocenters. The van der Waals surface area contributed by atoms with Crippen LogP contribution in [0, 0.1) is 0 Å². The third-order valence-corrected chi connectivity index (χ3v) is 3.86. The van der Waals surface area contributed by atoms with Crippen molar-refractivity contribution in [2.75, 3.05) is 0 Å². The Morgan fingerprint density at radius 2 is 2.05 bits per heavy atom. The average Bonchev–Trinajstić information content (AvgIpc) is 2.40. The van der Waals surface area contributed by atoms with Gasteiger partial charge in [-0.25, -0.2) is 9.36 Å². The highest BCUT2D eigenvalue weighted by atomic mass is 79.9. The molecule has 0 spiro atoms. The van der Waals surface area contributed by atoms with E-state index in [1.807, 2.05) is 0 Å². The fourth-order valence-corrected chi connectivity index (χ4v) is 2.62. The number of carbonyl (C=O) groups is 1. The van der Waals surface area contributed by atoms with E-state index in [1.165, 1.54) is 12.6 Å². The summed E-state index contributed by atoms with van der Waals surface area (Å²) in [6.07, 6.45) is 6.65. The lowest BCUT2D eigenvalue weighted by Gasteiger charge is -2.22. The number of hydrogen-bond donors (Lipinski definition) is 2. The molecule has 1 aliphatic rings. The normalized spacial score (nSPS) is 16.3. The van der Waals surface area contributed by atoms with Gasteiger partial charge in [0.05, 0.1) is 4.47 Å². The maximum Gasteiger partial charge on any atom is 0.328 e. The standard InChI is InChI=1S/C12H16BrN3O3/c13-9-6-14-12(19)16(11(9)18)7-10(17)15-8-4-2-1-3-5-8/h6,8H,1-5,7H2,(H,14,19)(H,15,17). The minimum atomic E-state index is -0.577. The molecule has 0 aromatic carbocycles. The number of rotatable bonds is 3. The molecule has 1 fully saturated rings. The summed E-state index contributed by atoms with van der Waals surface area (Å²) in [5.41, 5.74) is -1.07. The van der Waals surface area contributed by atoms with Gasteiger partial charge < -0.3 is 10.3 Å². The van der Waals surface area contributed by atoms with E-state index >= 15 is 0 Å². The third-order valence-electron chi connectivity index (χ3n) is 3.29. The van der Waals surface area contributed by atoms with Gasteiger partial charge in [-0.05, 0) is 28.8 Å². The first-order valence-electron chi connectivity index (χ1n) is 6.35. The maximum absolute atomic E-state index is 11.9. The fraction of sp³-hybridized carbons (Fsp3) is 0.583. The van der Waals surface area contributed by atoms with Crippen molar-refractivity contribution in [3.05, 3.63) is 31.5 Å². The van der Waals surface area contributed by atoms with E-state index in [9.17, 15) is 14.4 Å². The molecule has 7 heteroatoms. The molecular formula is C12H16BrN3O3. The Hall–Kier alpha value is -1.37. The fourth-order valence-electron chi connectivity index (χ4n) is 2.29. The van der Waals surface area contributed by atoms with E-state index in [2.05, 4.69) is 26.2 Å². The number of aromatic nitrogens is 2. The van der Waals surface area contributed by atoms with Crippen molar-refractivity contribution in [3.8, 4) is 0 Å².